The maximum absolute atomic E-state index is 13.0. The Morgan fingerprint density at radius 1 is 1.31 bits per heavy atom. The number of nitrogens with one attached hydrogen (secondary N) is 2. The van der Waals surface area contributed by atoms with Gasteiger partial charge in [0.05, 0.1) is 11.7 Å². The molecule has 2 N–H and O–H groups in total. The van der Waals surface area contributed by atoms with Gasteiger partial charge in [0, 0.05) is 19.2 Å². The van der Waals surface area contributed by atoms with E-state index in [2.05, 4.69) is 10.6 Å². The molecule has 1 saturated heterocycles. The zero-order valence-electron chi connectivity index (χ0n) is 6.98. The highest BCUT2D eigenvalue weighted by Crippen LogP contribution is 2.16. The third kappa shape index (κ3) is 1.78. The second kappa shape index (κ2) is 3.30. The number of rotatable bonds is 2. The Kier molecular flexibility index (Phi) is 2.14. The average Bonchev–Trinajstić information content (AvgIpc) is 1.99. The van der Waals surface area contributed by atoms with E-state index in [9.17, 15) is 8.78 Å². The summed E-state index contributed by atoms with van der Waals surface area (Å²) in [5.41, 5.74) is 0.368. The first-order chi connectivity index (χ1) is 6.25. The van der Waals surface area contributed by atoms with Crippen LogP contribution < -0.4 is 10.6 Å². The van der Waals surface area contributed by atoms with E-state index in [-0.39, 0.29) is 6.04 Å². The van der Waals surface area contributed by atoms with E-state index in [1.54, 1.807) is 0 Å². The first-order valence-electron chi connectivity index (χ1n) is 4.18. The lowest BCUT2D eigenvalue weighted by atomic mass is 10.1. The zero-order chi connectivity index (χ0) is 9.26. The van der Waals surface area contributed by atoms with Crippen LogP contribution in [0.15, 0.2) is 18.2 Å². The molecule has 4 heteroatoms. The maximum Gasteiger partial charge on any atom is 0.149 e. The van der Waals surface area contributed by atoms with Gasteiger partial charge in [0.2, 0.25) is 0 Å². The van der Waals surface area contributed by atoms with Gasteiger partial charge < -0.3 is 10.6 Å². The third-order valence-electron chi connectivity index (χ3n) is 2.07. The van der Waals surface area contributed by atoms with E-state index < -0.39 is 11.6 Å². The lowest BCUT2D eigenvalue weighted by Gasteiger charge is -2.29. The largest absolute Gasteiger partial charge is 0.377 e. The lowest BCUT2D eigenvalue weighted by molar-refractivity contribution is 0.469. The molecule has 1 aliphatic heterocycles. The Labute approximate surface area is 75.0 Å². The van der Waals surface area contributed by atoms with Crippen LogP contribution in [0.25, 0.3) is 0 Å². The number of hydrogen-bond donors (Lipinski definition) is 2. The van der Waals surface area contributed by atoms with Crippen molar-refractivity contribution in [2.24, 2.45) is 0 Å². The molecule has 0 spiro atoms. The normalized spacial score (nSPS) is 16.8. The molecule has 0 atom stereocenters. The van der Waals surface area contributed by atoms with E-state index in [4.69, 9.17) is 0 Å². The van der Waals surface area contributed by atoms with Crippen LogP contribution in [-0.4, -0.2) is 19.1 Å². The fourth-order valence-electron chi connectivity index (χ4n) is 1.22. The van der Waals surface area contributed by atoms with Crippen LogP contribution in [0.4, 0.5) is 14.5 Å². The van der Waals surface area contributed by atoms with Crippen molar-refractivity contribution in [2.75, 3.05) is 18.4 Å². The van der Waals surface area contributed by atoms with Crippen molar-refractivity contribution in [3.8, 4) is 0 Å². The van der Waals surface area contributed by atoms with E-state index >= 15 is 0 Å². The number of anilines is 1. The predicted molar refractivity (Wildman–Crippen MR) is 46.6 cm³/mol. The number of halogens is 2. The zero-order valence-corrected chi connectivity index (χ0v) is 6.98. The molecule has 0 bridgehead atoms. The van der Waals surface area contributed by atoms with Crippen molar-refractivity contribution in [1.29, 1.82) is 0 Å². The summed E-state index contributed by atoms with van der Waals surface area (Å²) in [5.74, 6) is -1.08. The second-order valence-corrected chi connectivity index (χ2v) is 3.12. The summed E-state index contributed by atoms with van der Waals surface area (Å²) < 4.78 is 25.5. The number of benzene rings is 1. The van der Waals surface area contributed by atoms with Gasteiger partial charge in [-0.25, -0.2) is 8.78 Å². The molecule has 0 amide bonds. The van der Waals surface area contributed by atoms with E-state index in [0.717, 1.165) is 19.2 Å². The lowest BCUT2D eigenvalue weighted by Crippen LogP contribution is -2.51. The number of hydrogen-bond acceptors (Lipinski definition) is 2. The van der Waals surface area contributed by atoms with Crippen LogP contribution in [0.3, 0.4) is 0 Å². The highest BCUT2D eigenvalue weighted by atomic mass is 19.1. The van der Waals surface area contributed by atoms with E-state index in [0.29, 0.717) is 5.69 Å². The average molecular weight is 184 g/mol. The van der Waals surface area contributed by atoms with Crippen molar-refractivity contribution in [2.45, 2.75) is 6.04 Å². The molecule has 2 nitrogen and oxygen atoms in total. The highest BCUT2D eigenvalue weighted by Gasteiger charge is 2.17. The fraction of sp³-hybridized carbons (Fsp3) is 0.333. The van der Waals surface area contributed by atoms with Crippen molar-refractivity contribution in [1.82, 2.24) is 5.32 Å². The molecule has 0 unspecified atom stereocenters. The molecule has 1 aromatic carbocycles. The van der Waals surface area contributed by atoms with Crippen LogP contribution in [0.2, 0.25) is 0 Å². The summed E-state index contributed by atoms with van der Waals surface area (Å²) in [6.45, 7) is 1.66. The quantitative estimate of drug-likeness (QED) is 0.725. The van der Waals surface area contributed by atoms with Crippen LogP contribution >= 0.6 is 0 Å². The summed E-state index contributed by atoms with van der Waals surface area (Å²) >= 11 is 0. The molecule has 1 fully saturated rings. The summed E-state index contributed by atoms with van der Waals surface area (Å²) in [7, 11) is 0. The highest BCUT2D eigenvalue weighted by molar-refractivity contribution is 5.46. The van der Waals surface area contributed by atoms with Gasteiger partial charge >= 0.3 is 0 Å². The van der Waals surface area contributed by atoms with Gasteiger partial charge in [-0.1, -0.05) is 0 Å². The Morgan fingerprint density at radius 2 is 2.08 bits per heavy atom. The molecule has 13 heavy (non-hydrogen) atoms. The minimum atomic E-state index is -0.546. The summed E-state index contributed by atoms with van der Waals surface area (Å²) in [6, 6.07) is 3.81. The van der Waals surface area contributed by atoms with Gasteiger partial charge in [-0.2, -0.15) is 0 Å². The van der Waals surface area contributed by atoms with Crippen molar-refractivity contribution in [3.05, 3.63) is 29.8 Å². The van der Waals surface area contributed by atoms with E-state index in [1.807, 2.05) is 0 Å². The minimum Gasteiger partial charge on any atom is -0.377 e. The molecule has 0 radical (unpaired) electrons. The monoisotopic (exact) mass is 184 g/mol. The first kappa shape index (κ1) is 8.44. The molecule has 1 heterocycles. The second-order valence-electron chi connectivity index (χ2n) is 3.12. The predicted octanol–water partition coefficient (Wildman–Crippen LogP) is 1.35. The maximum atomic E-state index is 13.0. The molecular weight excluding hydrogens is 174 g/mol. The Bertz CT molecular complexity index is 310. The summed E-state index contributed by atoms with van der Waals surface area (Å²) in [5, 5.41) is 6.02. The van der Waals surface area contributed by atoms with Crippen LogP contribution in [-0.2, 0) is 0 Å². The molecule has 0 aliphatic carbocycles. The molecule has 0 aromatic heterocycles. The van der Waals surface area contributed by atoms with Crippen LogP contribution in [0.5, 0.6) is 0 Å². The SMILES string of the molecule is Fc1ccc(NC2CNC2)c(F)c1. The summed E-state index contributed by atoms with van der Waals surface area (Å²) in [6.07, 6.45) is 0. The fourth-order valence-corrected chi connectivity index (χ4v) is 1.22. The molecule has 1 aromatic rings. The Balaban J connectivity index is 2.10. The molecule has 0 saturated carbocycles. The Morgan fingerprint density at radius 3 is 2.62 bits per heavy atom. The van der Waals surface area contributed by atoms with Crippen molar-refractivity contribution >= 4 is 5.69 Å². The molecule has 2 rings (SSSR count). The van der Waals surface area contributed by atoms with Gasteiger partial charge in [0.1, 0.15) is 11.6 Å². The smallest absolute Gasteiger partial charge is 0.149 e. The molecular formula is C9H10F2N2. The van der Waals surface area contributed by atoms with E-state index in [1.165, 1.54) is 12.1 Å². The Hall–Kier alpha value is -1.16. The van der Waals surface area contributed by atoms with Crippen LogP contribution in [0.1, 0.15) is 0 Å². The van der Waals surface area contributed by atoms with Gasteiger partial charge in [0.15, 0.2) is 0 Å². The molecule has 70 valence electrons. The van der Waals surface area contributed by atoms with Gasteiger partial charge in [-0.15, -0.1) is 0 Å². The standard InChI is InChI=1S/C9H10F2N2/c10-6-1-2-9(8(11)3-6)13-7-4-12-5-7/h1-3,7,12-13H,4-5H2. The minimum absolute atomic E-state index is 0.264. The van der Waals surface area contributed by atoms with Gasteiger partial charge in [-0.05, 0) is 12.1 Å². The van der Waals surface area contributed by atoms with Crippen molar-refractivity contribution in [3.63, 3.8) is 0 Å². The van der Waals surface area contributed by atoms with Crippen molar-refractivity contribution < 1.29 is 8.78 Å². The third-order valence-corrected chi connectivity index (χ3v) is 2.07. The first-order valence-corrected chi connectivity index (χ1v) is 4.18. The summed E-state index contributed by atoms with van der Waals surface area (Å²) in [4.78, 5) is 0. The topological polar surface area (TPSA) is 24.1 Å². The van der Waals surface area contributed by atoms with Gasteiger partial charge in [-0.3, -0.25) is 0 Å². The molecule has 1 aliphatic rings. The van der Waals surface area contributed by atoms with Crippen LogP contribution in [0, 0.1) is 11.6 Å². The van der Waals surface area contributed by atoms with Gasteiger partial charge in [0.25, 0.3) is 0 Å².